The molecule has 8 rings (SSSR count). The summed E-state index contributed by atoms with van der Waals surface area (Å²) < 4.78 is -1.34. The fourth-order valence-electron chi connectivity index (χ4n) is 9.85. The van der Waals surface area contributed by atoms with Gasteiger partial charge in [0.1, 0.15) is 0 Å². The first-order valence-electron chi connectivity index (χ1n) is 19.3. The van der Waals surface area contributed by atoms with Crippen molar-refractivity contribution in [2.45, 2.75) is 168 Å². The highest BCUT2D eigenvalue weighted by molar-refractivity contribution is 14.2. The van der Waals surface area contributed by atoms with Gasteiger partial charge in [-0.3, -0.25) is 19.6 Å². The maximum Gasteiger partial charge on any atom is 0.0996 e. The monoisotopic (exact) mass is 1120 g/mol. The Bertz CT molecular complexity index is 1330. The second-order valence-electron chi connectivity index (χ2n) is 16.3. The molecular weight excluding hydrogens is 1050 g/mol. The molecule has 0 amide bonds. The Kier molecular flexibility index (Phi) is 25.4. The second kappa shape index (κ2) is 25.9. The molecule has 0 aromatic heterocycles. The number of aliphatic hydroxyl groups excluding tert-OH is 20. The molecule has 0 spiro atoms. The van der Waals surface area contributed by atoms with Crippen LogP contribution in [0.3, 0.4) is 0 Å². The largest absolute Gasteiger partial charge is 0.395 e. The van der Waals surface area contributed by atoms with Gasteiger partial charge in [0.25, 0.3) is 0 Å². The van der Waals surface area contributed by atoms with Crippen LogP contribution >= 0.6 is 32.9 Å². The van der Waals surface area contributed by atoms with Crippen LogP contribution in [0.5, 0.6) is 0 Å². The summed E-state index contributed by atoms with van der Waals surface area (Å²) in [6, 6.07) is -5.06. The van der Waals surface area contributed by atoms with E-state index in [4.69, 9.17) is 20.4 Å². The number of nitrogens with zero attached hydrogens (tertiary/aromatic N) is 4. The van der Waals surface area contributed by atoms with E-state index in [0.29, 0.717) is 0 Å². The van der Waals surface area contributed by atoms with E-state index in [1.54, 1.807) is 19.6 Å². The van der Waals surface area contributed by atoms with Gasteiger partial charge in [-0.25, -0.2) is 0 Å². The smallest absolute Gasteiger partial charge is 0.0996 e. The van der Waals surface area contributed by atoms with E-state index in [1.807, 2.05) is 21.2 Å². The number of rotatable bonds is 4. The van der Waals surface area contributed by atoms with Crippen LogP contribution in [0.1, 0.15) is 22.3 Å². The molecule has 0 saturated carbocycles. The van der Waals surface area contributed by atoms with Gasteiger partial charge in [-0.05, 0) is 22.4 Å². The standard InChI is InChI=1S/4C8H15NO5.3CH4.HIS4/c4*10-2-3-6(12)8(14)5-7(13)4(11)1-9(3)5;;;;1-5(2,3)4/h4*3-8,10-14H,1-2H2;3*1H4;(H,2,3,4)/t4*3-,4+,5-,6-,7-,8-;;;;/m1111..../s1. The van der Waals surface area contributed by atoms with E-state index in [1.165, 1.54) is 0 Å². The molecule has 24 nitrogen and oxygen atoms in total. The zero-order valence-corrected chi connectivity index (χ0v) is 37.8. The first-order chi connectivity index (χ1) is 28.3. The molecule has 0 radical (unpaired) electrons. The van der Waals surface area contributed by atoms with Gasteiger partial charge in [0.15, 0.2) is 0 Å². The van der Waals surface area contributed by atoms with Gasteiger partial charge < -0.3 is 102 Å². The molecule has 24 atom stereocenters. The van der Waals surface area contributed by atoms with Crippen molar-refractivity contribution in [1.82, 2.24) is 19.6 Å². The minimum absolute atomic E-state index is 0. The summed E-state index contributed by atoms with van der Waals surface area (Å²) in [5, 5.41) is 188. The number of halogens is 1. The van der Waals surface area contributed by atoms with Gasteiger partial charge in [-0.15, -0.1) is 0 Å². The summed E-state index contributed by atoms with van der Waals surface area (Å²) in [7, 11) is 0. The maximum atomic E-state index is 9.58. The number of fused-ring (bicyclic) bond motifs is 4. The van der Waals surface area contributed by atoms with E-state index >= 15 is 0 Å². The third-order valence-electron chi connectivity index (χ3n) is 12.9. The van der Waals surface area contributed by atoms with Crippen LogP contribution in [0.2, 0.25) is 0 Å². The Labute approximate surface area is 399 Å². The van der Waals surface area contributed by atoms with Crippen LogP contribution in [-0.4, -0.2) is 320 Å². The van der Waals surface area contributed by atoms with Gasteiger partial charge in [-0.2, -0.15) is 0 Å². The SMILES string of the molecule is C.C.C.OC[C@@H]1[C@@H](O)[C@H](O)[C@H]2[C@H](O)[C@@H](O)CN21.OC[C@@H]1[C@@H](O)[C@H](O)[C@H]2[C@H](O)[C@@H](O)CN21.OC[C@@H]1[C@@H](O)[C@H](O)[C@H]2[C@H](O)[C@@H](O)CN21.OC[C@@H]1[C@@H](O)[C@H](O)[C@H]2[C@H](O)[C@@H](O)CN21.S=S(=S)(S)I. The Hall–Kier alpha value is 0.910. The summed E-state index contributed by atoms with van der Waals surface area (Å²) >= 11 is 14.9. The average molecular weight is 1130 g/mol. The van der Waals surface area contributed by atoms with Gasteiger partial charge >= 0.3 is 0 Å². The van der Waals surface area contributed by atoms with Crippen LogP contribution in [0.4, 0.5) is 0 Å². The van der Waals surface area contributed by atoms with Gasteiger partial charge in [0, 0.05) is 50.7 Å². The highest BCUT2D eigenvalue weighted by Crippen LogP contribution is 2.36. The average Bonchev–Trinajstić information content (AvgIpc) is 4.02. The Morgan fingerprint density at radius 1 is 0.359 bits per heavy atom. The first kappa shape index (κ1) is 62.9. The lowest BCUT2D eigenvalue weighted by Gasteiger charge is -2.22. The van der Waals surface area contributed by atoms with E-state index in [-0.39, 0.29) is 74.9 Å². The number of hydrogen-bond acceptors (Lipinski definition) is 26. The third kappa shape index (κ3) is 12.9. The van der Waals surface area contributed by atoms with Crippen LogP contribution in [0, 0.1) is 0 Å². The van der Waals surface area contributed by atoms with Crippen LogP contribution in [-0.2, 0) is 25.7 Å². The lowest BCUT2D eigenvalue weighted by atomic mass is 10.0. The minimum Gasteiger partial charge on any atom is -0.395 e. The van der Waals surface area contributed by atoms with Crippen LogP contribution in [0.25, 0.3) is 0 Å². The fourth-order valence-corrected chi connectivity index (χ4v) is 9.85. The molecule has 0 aliphatic carbocycles. The van der Waals surface area contributed by atoms with E-state index < -0.39 is 149 Å². The molecule has 0 aromatic carbocycles. The van der Waals surface area contributed by atoms with Crippen molar-refractivity contribution in [3.63, 3.8) is 0 Å². The Balaban J connectivity index is 0.000000406. The fraction of sp³-hybridized carbons (Fsp3) is 1.00. The molecule has 8 saturated heterocycles. The highest BCUT2D eigenvalue weighted by atomic mass is 127. The van der Waals surface area contributed by atoms with Crippen molar-refractivity contribution in [3.05, 3.63) is 0 Å². The van der Waals surface area contributed by atoms with Crippen molar-refractivity contribution in [3.8, 4) is 0 Å². The topological polar surface area (TPSA) is 418 Å². The normalized spacial score (nSPS) is 48.0. The van der Waals surface area contributed by atoms with Crippen LogP contribution in [0.15, 0.2) is 0 Å². The molecule has 384 valence electrons. The second-order valence-corrected chi connectivity index (χ2v) is 33.5. The summed E-state index contributed by atoms with van der Waals surface area (Å²) in [6.45, 7) is -0.503. The van der Waals surface area contributed by atoms with E-state index in [9.17, 15) is 81.7 Å². The Morgan fingerprint density at radius 3 is 0.625 bits per heavy atom. The zero-order valence-electron chi connectivity index (χ0n) is 32.3. The number of aliphatic hydroxyl groups is 20. The van der Waals surface area contributed by atoms with E-state index in [2.05, 4.69) is 34.0 Å². The van der Waals surface area contributed by atoms with Gasteiger partial charge in [-0.1, -0.05) is 33.9 Å². The molecule has 8 heterocycles. The highest BCUT2D eigenvalue weighted by Gasteiger charge is 2.59. The van der Waals surface area contributed by atoms with Crippen molar-refractivity contribution < 1.29 is 102 Å². The molecule has 0 aromatic rings. The van der Waals surface area contributed by atoms with Gasteiger partial charge in [0.2, 0.25) is 0 Å². The molecule has 64 heavy (non-hydrogen) atoms. The predicted octanol–water partition coefficient (Wildman–Crippen LogP) is -10.9. The number of hydrogen-bond donors (Lipinski definition) is 21. The molecule has 0 bridgehead atoms. The lowest BCUT2D eigenvalue weighted by molar-refractivity contribution is -0.0268. The molecule has 0 unspecified atom stereocenters. The maximum absolute atomic E-state index is 9.58. The summed E-state index contributed by atoms with van der Waals surface area (Å²) in [4.78, 5) is 6.24. The third-order valence-corrected chi connectivity index (χ3v) is 12.9. The lowest BCUT2D eigenvalue weighted by Crippen LogP contribution is -2.41. The molecule has 8 aliphatic rings. The molecule has 29 heteroatoms. The van der Waals surface area contributed by atoms with Crippen molar-refractivity contribution in [2.24, 2.45) is 0 Å². The minimum atomic E-state index is -1.34. The first-order valence-corrected chi connectivity index (χ1v) is 26.4. The van der Waals surface area contributed by atoms with Crippen molar-refractivity contribution in [1.29, 1.82) is 0 Å². The molecule has 8 fully saturated rings. The van der Waals surface area contributed by atoms with Gasteiger partial charge in [0.05, 0.1) is 172 Å². The van der Waals surface area contributed by atoms with E-state index in [0.717, 1.165) is 0 Å². The zero-order chi connectivity index (χ0) is 46.3. The number of thiol groups is 1. The molecule has 8 aliphatic heterocycles. The summed E-state index contributed by atoms with van der Waals surface area (Å²) in [5.74, 6) is 0. The quantitative estimate of drug-likeness (QED) is 0.0538. The predicted molar refractivity (Wildman–Crippen MR) is 247 cm³/mol. The summed E-state index contributed by atoms with van der Waals surface area (Å²) in [6.07, 6.45) is -16.6. The van der Waals surface area contributed by atoms with Crippen molar-refractivity contribution in [2.75, 3.05) is 52.6 Å². The Morgan fingerprint density at radius 2 is 0.500 bits per heavy atom. The van der Waals surface area contributed by atoms with Crippen LogP contribution < -0.4 is 0 Å². The molecular formula is C35H73IN4O20S4. The summed E-state index contributed by atoms with van der Waals surface area (Å²) in [5.41, 5.74) is 0. The van der Waals surface area contributed by atoms with Crippen molar-refractivity contribution >= 4 is 58.6 Å². The molecule has 20 N–H and O–H groups in total.